The highest BCUT2D eigenvalue weighted by Gasteiger charge is 2.27. The maximum atomic E-state index is 12.9. The molecular formula is C24H26Cl2N2O5. The van der Waals surface area contributed by atoms with Crippen molar-refractivity contribution < 1.29 is 23.9 Å². The molecule has 0 heterocycles. The standard InChI is InChI=1S/C24H26Cl2N2O5/c1-15(2)11-20(27-14-29)23(31)28-19(12-16-7-4-3-5-8-16)21(30)13-33-24(32)22-17(25)9-6-10-18(22)26/h3-10,14-15,19-20H,11-13H2,1-2H3,(H,27,29)(H,28,31)/t19?,20-/m0/s1. The molecule has 0 radical (unpaired) electrons. The Morgan fingerprint density at radius 3 is 2.18 bits per heavy atom. The first-order valence-electron chi connectivity index (χ1n) is 10.4. The predicted molar refractivity (Wildman–Crippen MR) is 126 cm³/mol. The molecule has 2 atom stereocenters. The summed E-state index contributed by atoms with van der Waals surface area (Å²) in [4.78, 5) is 49.1. The van der Waals surface area contributed by atoms with Crippen LogP contribution in [0.25, 0.3) is 0 Å². The number of Topliss-reactive ketones (excluding diaryl/α,β-unsaturated/α-hetero) is 1. The van der Waals surface area contributed by atoms with Crippen LogP contribution < -0.4 is 10.6 Å². The van der Waals surface area contributed by atoms with Crippen molar-refractivity contribution in [3.63, 3.8) is 0 Å². The van der Waals surface area contributed by atoms with Gasteiger partial charge in [0.2, 0.25) is 12.3 Å². The zero-order chi connectivity index (χ0) is 24.4. The van der Waals surface area contributed by atoms with Crippen LogP contribution in [0.4, 0.5) is 0 Å². The summed E-state index contributed by atoms with van der Waals surface area (Å²) in [5.41, 5.74) is 0.768. The van der Waals surface area contributed by atoms with Crippen LogP contribution in [0.5, 0.6) is 0 Å². The molecule has 0 aliphatic carbocycles. The fourth-order valence-electron chi connectivity index (χ4n) is 3.17. The summed E-state index contributed by atoms with van der Waals surface area (Å²) in [6.07, 6.45) is 1.04. The molecule has 0 bridgehead atoms. The predicted octanol–water partition coefficient (Wildman–Crippen LogP) is 3.61. The van der Waals surface area contributed by atoms with Gasteiger partial charge in [-0.05, 0) is 36.5 Å². The Kier molecular flexibility index (Phi) is 10.4. The first-order chi connectivity index (χ1) is 15.7. The smallest absolute Gasteiger partial charge is 0.341 e. The van der Waals surface area contributed by atoms with Gasteiger partial charge in [-0.1, -0.05) is 73.4 Å². The monoisotopic (exact) mass is 492 g/mol. The number of carbonyl (C=O) groups excluding carboxylic acids is 4. The quantitative estimate of drug-likeness (QED) is 0.348. The second-order valence-electron chi connectivity index (χ2n) is 7.86. The van der Waals surface area contributed by atoms with E-state index in [1.807, 2.05) is 44.2 Å². The molecule has 2 aromatic rings. The van der Waals surface area contributed by atoms with Gasteiger partial charge in [-0.2, -0.15) is 0 Å². The molecule has 2 amide bonds. The second kappa shape index (κ2) is 13.0. The number of halogens is 2. The Bertz CT molecular complexity index is 962. The molecule has 2 aromatic carbocycles. The summed E-state index contributed by atoms with van der Waals surface area (Å²) in [6, 6.07) is 11.9. The topological polar surface area (TPSA) is 102 Å². The van der Waals surface area contributed by atoms with Crippen molar-refractivity contribution in [2.75, 3.05) is 6.61 Å². The molecule has 0 spiro atoms. The number of ether oxygens (including phenoxy) is 1. The van der Waals surface area contributed by atoms with E-state index in [4.69, 9.17) is 27.9 Å². The van der Waals surface area contributed by atoms with Crippen LogP contribution in [-0.2, 0) is 25.5 Å². The van der Waals surface area contributed by atoms with Gasteiger partial charge in [0.1, 0.15) is 6.04 Å². The molecule has 0 aliphatic heterocycles. The second-order valence-corrected chi connectivity index (χ2v) is 8.67. The van der Waals surface area contributed by atoms with Crippen LogP contribution in [-0.4, -0.2) is 42.8 Å². The minimum absolute atomic E-state index is 0.0375. The van der Waals surface area contributed by atoms with Gasteiger partial charge < -0.3 is 15.4 Å². The van der Waals surface area contributed by atoms with Crippen molar-refractivity contribution in [1.29, 1.82) is 0 Å². The molecule has 0 fully saturated rings. The number of nitrogens with one attached hydrogen (secondary N) is 2. The van der Waals surface area contributed by atoms with Gasteiger partial charge in [-0.25, -0.2) is 4.79 Å². The maximum Gasteiger partial charge on any atom is 0.341 e. The third-order valence-corrected chi connectivity index (χ3v) is 5.42. The van der Waals surface area contributed by atoms with Gasteiger partial charge in [0.15, 0.2) is 12.4 Å². The largest absolute Gasteiger partial charge is 0.454 e. The summed E-state index contributed by atoms with van der Waals surface area (Å²) >= 11 is 12.0. The van der Waals surface area contributed by atoms with Crippen LogP contribution in [0.15, 0.2) is 48.5 Å². The molecule has 33 heavy (non-hydrogen) atoms. The molecule has 0 saturated carbocycles. The molecule has 9 heteroatoms. The van der Waals surface area contributed by atoms with Crippen molar-refractivity contribution in [2.24, 2.45) is 5.92 Å². The lowest BCUT2D eigenvalue weighted by Crippen LogP contribution is -2.51. The molecule has 1 unspecified atom stereocenters. The molecule has 7 nitrogen and oxygen atoms in total. The number of hydrogen-bond acceptors (Lipinski definition) is 5. The lowest BCUT2D eigenvalue weighted by molar-refractivity contribution is -0.131. The average Bonchev–Trinajstić information content (AvgIpc) is 2.77. The fourth-order valence-corrected chi connectivity index (χ4v) is 3.73. The van der Waals surface area contributed by atoms with Gasteiger partial charge in [0, 0.05) is 0 Å². The SMILES string of the molecule is CC(C)C[C@H](NC=O)C(=O)NC(Cc1ccccc1)C(=O)COC(=O)c1c(Cl)cccc1Cl. The highest BCUT2D eigenvalue weighted by atomic mass is 35.5. The van der Waals surface area contributed by atoms with E-state index >= 15 is 0 Å². The van der Waals surface area contributed by atoms with Crippen molar-refractivity contribution in [3.8, 4) is 0 Å². The van der Waals surface area contributed by atoms with Crippen LogP contribution >= 0.6 is 23.2 Å². The highest BCUT2D eigenvalue weighted by molar-refractivity contribution is 6.39. The Morgan fingerprint density at radius 2 is 1.61 bits per heavy atom. The summed E-state index contributed by atoms with van der Waals surface area (Å²) in [7, 11) is 0. The van der Waals surface area contributed by atoms with Gasteiger partial charge in [-0.15, -0.1) is 0 Å². The molecule has 0 saturated heterocycles. The van der Waals surface area contributed by atoms with E-state index in [1.54, 1.807) is 6.07 Å². The van der Waals surface area contributed by atoms with E-state index in [9.17, 15) is 19.2 Å². The lowest BCUT2D eigenvalue weighted by atomic mass is 10.00. The van der Waals surface area contributed by atoms with Gasteiger partial charge in [0.25, 0.3) is 0 Å². The van der Waals surface area contributed by atoms with Crippen molar-refractivity contribution in [1.82, 2.24) is 10.6 Å². The Hall–Kier alpha value is -2.90. The van der Waals surface area contributed by atoms with E-state index in [-0.39, 0.29) is 27.9 Å². The number of carbonyl (C=O) groups is 4. The summed E-state index contributed by atoms with van der Waals surface area (Å²) in [6.45, 7) is 3.24. The van der Waals surface area contributed by atoms with Gasteiger partial charge >= 0.3 is 5.97 Å². The third-order valence-electron chi connectivity index (χ3n) is 4.79. The number of esters is 1. The van der Waals surface area contributed by atoms with Crippen LogP contribution in [0, 0.1) is 5.92 Å². The van der Waals surface area contributed by atoms with Crippen molar-refractivity contribution in [2.45, 2.75) is 38.8 Å². The summed E-state index contributed by atoms with van der Waals surface area (Å²) in [5, 5.41) is 5.38. The van der Waals surface area contributed by atoms with Crippen LogP contribution in [0.3, 0.4) is 0 Å². The lowest BCUT2D eigenvalue weighted by Gasteiger charge is -2.23. The number of rotatable bonds is 12. The Morgan fingerprint density at radius 1 is 0.970 bits per heavy atom. The minimum Gasteiger partial charge on any atom is -0.454 e. The molecule has 176 valence electrons. The first kappa shape index (κ1) is 26.4. The normalized spacial score (nSPS) is 12.5. The Labute approximate surface area is 202 Å². The maximum absolute atomic E-state index is 12.9. The van der Waals surface area contributed by atoms with Crippen molar-refractivity contribution in [3.05, 3.63) is 69.7 Å². The third kappa shape index (κ3) is 8.18. The first-order valence-corrected chi connectivity index (χ1v) is 11.2. The van der Waals surface area contributed by atoms with Crippen LogP contribution in [0.1, 0.15) is 36.2 Å². The van der Waals surface area contributed by atoms with Crippen molar-refractivity contribution >= 4 is 47.3 Å². The van der Waals surface area contributed by atoms with E-state index in [2.05, 4.69) is 10.6 Å². The van der Waals surface area contributed by atoms with Crippen LogP contribution in [0.2, 0.25) is 10.0 Å². The Balaban J connectivity index is 2.15. The number of ketones is 1. The highest BCUT2D eigenvalue weighted by Crippen LogP contribution is 2.25. The van der Waals surface area contributed by atoms with E-state index in [0.717, 1.165) is 5.56 Å². The molecule has 2 rings (SSSR count). The molecule has 0 aromatic heterocycles. The van der Waals surface area contributed by atoms with E-state index < -0.39 is 36.4 Å². The minimum atomic E-state index is -0.975. The number of amides is 2. The fraction of sp³-hybridized carbons (Fsp3) is 0.333. The number of benzene rings is 2. The average molecular weight is 493 g/mol. The molecule has 2 N–H and O–H groups in total. The molecule has 0 aliphatic rings. The van der Waals surface area contributed by atoms with Gasteiger partial charge in [0.05, 0.1) is 21.7 Å². The number of hydrogen-bond donors (Lipinski definition) is 2. The summed E-state index contributed by atoms with van der Waals surface area (Å²) in [5.74, 6) is -1.72. The van der Waals surface area contributed by atoms with E-state index in [1.165, 1.54) is 12.1 Å². The summed E-state index contributed by atoms with van der Waals surface area (Å²) < 4.78 is 5.14. The molecular weight excluding hydrogens is 467 g/mol. The van der Waals surface area contributed by atoms with Gasteiger partial charge in [-0.3, -0.25) is 14.4 Å². The zero-order valence-corrected chi connectivity index (χ0v) is 19.9. The zero-order valence-electron chi connectivity index (χ0n) is 18.3. The van der Waals surface area contributed by atoms with E-state index in [0.29, 0.717) is 12.8 Å².